The number of carbonyl (C=O) groups excluding carboxylic acids is 3. The number of nitrogens with zero attached hydrogens (tertiary/aromatic N) is 1. The molecule has 4 atom stereocenters. The maximum absolute atomic E-state index is 13.0. The lowest BCUT2D eigenvalue weighted by Gasteiger charge is -2.42. The Morgan fingerprint density at radius 3 is 2.80 bits per heavy atom. The average molecular weight is 340 g/mol. The Labute approximate surface area is 145 Å². The fourth-order valence-corrected chi connectivity index (χ4v) is 4.84. The van der Waals surface area contributed by atoms with E-state index in [0.29, 0.717) is 18.7 Å². The number of ether oxygens (including phenoxy) is 1. The van der Waals surface area contributed by atoms with Gasteiger partial charge in [-0.15, -0.1) is 0 Å². The zero-order valence-corrected chi connectivity index (χ0v) is 14.2. The summed E-state index contributed by atoms with van der Waals surface area (Å²) in [6.45, 7) is 2.03. The highest BCUT2D eigenvalue weighted by Gasteiger charge is 2.66. The molecule has 130 valence electrons. The van der Waals surface area contributed by atoms with Crippen LogP contribution in [0.1, 0.15) is 24.8 Å². The summed E-state index contributed by atoms with van der Waals surface area (Å²) in [7, 11) is 1.31. The lowest BCUT2D eigenvalue weighted by molar-refractivity contribution is -0.159. The van der Waals surface area contributed by atoms with Crippen molar-refractivity contribution in [1.29, 1.82) is 0 Å². The van der Waals surface area contributed by atoms with Crippen molar-refractivity contribution in [2.45, 2.75) is 25.3 Å². The smallest absolute Gasteiger partial charge is 0.322 e. The van der Waals surface area contributed by atoms with E-state index in [1.54, 1.807) is 4.90 Å². The second-order valence-electron chi connectivity index (χ2n) is 6.94. The minimum Gasteiger partial charge on any atom is -0.468 e. The number of benzene rings is 1. The summed E-state index contributed by atoms with van der Waals surface area (Å²) >= 11 is 0. The summed E-state index contributed by atoms with van der Waals surface area (Å²) in [5.41, 5.74) is 0.290. The lowest BCUT2D eigenvalue weighted by atomic mass is 9.69. The van der Waals surface area contributed by atoms with Crippen molar-refractivity contribution < 1.29 is 19.1 Å². The molecule has 2 aliphatic heterocycles. The highest BCUT2D eigenvalue weighted by Crippen LogP contribution is 2.59. The molecule has 2 amide bonds. The highest BCUT2D eigenvalue weighted by molar-refractivity contribution is 6.12. The van der Waals surface area contributed by atoms with Crippen molar-refractivity contribution >= 4 is 23.5 Å². The number of rotatable bonds is 1. The first-order valence-corrected chi connectivity index (χ1v) is 8.43. The normalized spacial score (nSPS) is 32.3. The highest BCUT2D eigenvalue weighted by atomic mass is 16.5. The molecule has 1 aromatic carbocycles. The van der Waals surface area contributed by atoms with Gasteiger partial charge in [0.05, 0.1) is 7.11 Å². The van der Waals surface area contributed by atoms with Crippen LogP contribution in [0.3, 0.4) is 0 Å². The first-order chi connectivity index (χ1) is 12.0. The monoisotopic (exact) mass is 340 g/mol. The Morgan fingerprint density at radius 1 is 1.32 bits per heavy atom. The van der Waals surface area contributed by atoms with E-state index < -0.39 is 17.3 Å². The van der Waals surface area contributed by atoms with Crippen LogP contribution in [0, 0.1) is 11.3 Å². The van der Waals surface area contributed by atoms with Gasteiger partial charge >= 0.3 is 5.97 Å². The van der Waals surface area contributed by atoms with E-state index in [1.807, 2.05) is 36.4 Å². The van der Waals surface area contributed by atoms with Crippen LogP contribution in [-0.4, -0.2) is 42.4 Å². The Bertz CT molecular complexity index is 802. The maximum Gasteiger partial charge on any atom is 0.322 e. The van der Waals surface area contributed by atoms with Crippen LogP contribution in [0.2, 0.25) is 0 Å². The van der Waals surface area contributed by atoms with Gasteiger partial charge in [0.15, 0.2) is 5.41 Å². The molecule has 1 saturated carbocycles. The number of hydrogen-bond acceptors (Lipinski definition) is 4. The molecule has 6 nitrogen and oxygen atoms in total. The van der Waals surface area contributed by atoms with Crippen LogP contribution in [0.25, 0.3) is 0 Å². The molecular formula is C19H20N2O4. The van der Waals surface area contributed by atoms with E-state index >= 15 is 0 Å². The van der Waals surface area contributed by atoms with Crippen molar-refractivity contribution in [3.05, 3.63) is 42.0 Å². The zero-order valence-electron chi connectivity index (χ0n) is 14.2. The third-order valence-corrected chi connectivity index (χ3v) is 5.82. The molecule has 6 heteroatoms. The average Bonchev–Trinajstić information content (AvgIpc) is 2.98. The first-order valence-electron chi connectivity index (χ1n) is 8.43. The molecule has 0 spiro atoms. The maximum atomic E-state index is 13.0. The van der Waals surface area contributed by atoms with Crippen molar-refractivity contribution in [1.82, 2.24) is 4.90 Å². The molecule has 1 fully saturated rings. The number of para-hydroxylation sites is 1. The molecule has 0 radical (unpaired) electrons. The molecule has 3 aliphatic rings. The third kappa shape index (κ3) is 2.00. The van der Waals surface area contributed by atoms with Gasteiger partial charge in [-0.3, -0.25) is 14.4 Å². The predicted molar refractivity (Wildman–Crippen MR) is 90.7 cm³/mol. The van der Waals surface area contributed by atoms with E-state index in [1.165, 1.54) is 14.0 Å². The molecule has 1 aliphatic carbocycles. The number of anilines is 1. The summed E-state index contributed by atoms with van der Waals surface area (Å²) in [5, 5.41) is 2.87. The van der Waals surface area contributed by atoms with E-state index in [2.05, 4.69) is 5.32 Å². The molecule has 0 bridgehead atoms. The fraction of sp³-hybridized carbons (Fsp3) is 0.421. The second kappa shape index (κ2) is 5.44. The second-order valence-corrected chi connectivity index (χ2v) is 6.94. The van der Waals surface area contributed by atoms with E-state index in [-0.39, 0.29) is 23.8 Å². The number of carbonyl (C=O) groups is 3. The van der Waals surface area contributed by atoms with Crippen molar-refractivity contribution in [3.8, 4) is 0 Å². The van der Waals surface area contributed by atoms with Crippen LogP contribution < -0.4 is 5.32 Å². The van der Waals surface area contributed by atoms with Gasteiger partial charge < -0.3 is 15.0 Å². The minimum atomic E-state index is -1.30. The number of esters is 1. The van der Waals surface area contributed by atoms with Crippen molar-refractivity contribution in [2.75, 3.05) is 19.0 Å². The quantitative estimate of drug-likeness (QED) is 0.479. The van der Waals surface area contributed by atoms with E-state index in [9.17, 15) is 14.4 Å². The molecule has 0 unspecified atom stereocenters. The minimum absolute atomic E-state index is 0.0523. The van der Waals surface area contributed by atoms with Gasteiger partial charge in [0.2, 0.25) is 11.8 Å². The van der Waals surface area contributed by atoms with Gasteiger partial charge in [0.25, 0.3) is 0 Å². The topological polar surface area (TPSA) is 75.7 Å². The number of fused-ring (bicyclic) bond motifs is 5. The standard InChI is InChI=1S/C19H20N2O4/c1-11(22)21-9-5-6-12-10-19(18(24)25-2)15(16(12)21)13-7-3-4-8-14(13)20-17(19)23/h3-8,12,15-16H,9-10H2,1-2H3,(H,20,23)/t12-,15+,16-,19+/m0/s1. The van der Waals surface area contributed by atoms with Crippen LogP contribution in [0.4, 0.5) is 5.69 Å². The van der Waals surface area contributed by atoms with E-state index in [0.717, 1.165) is 5.56 Å². The Kier molecular flexibility index (Phi) is 3.45. The van der Waals surface area contributed by atoms with Crippen molar-refractivity contribution in [2.24, 2.45) is 11.3 Å². The third-order valence-electron chi connectivity index (χ3n) is 5.82. The predicted octanol–water partition coefficient (Wildman–Crippen LogP) is 1.69. The first kappa shape index (κ1) is 15.9. The van der Waals surface area contributed by atoms with Gasteiger partial charge in [-0.05, 0) is 24.0 Å². The number of nitrogens with one attached hydrogen (secondary N) is 1. The van der Waals surface area contributed by atoms with Gasteiger partial charge in [-0.25, -0.2) is 0 Å². The van der Waals surface area contributed by atoms with Crippen LogP contribution in [0.15, 0.2) is 36.4 Å². The molecule has 25 heavy (non-hydrogen) atoms. The number of amides is 2. The number of hydrogen-bond donors (Lipinski definition) is 1. The SMILES string of the molecule is COC(=O)[C@]12C[C@@H]3C=CCN(C(C)=O)[C@@H]3[C@H]1c1ccccc1NC2=O. The summed E-state index contributed by atoms with van der Waals surface area (Å²) in [6.07, 6.45) is 4.31. The van der Waals surface area contributed by atoms with Crippen LogP contribution in [-0.2, 0) is 19.1 Å². The number of methoxy groups -OCH3 is 1. The molecular weight excluding hydrogens is 320 g/mol. The largest absolute Gasteiger partial charge is 0.468 e. The summed E-state index contributed by atoms with van der Waals surface area (Å²) in [6, 6.07) is 7.27. The van der Waals surface area contributed by atoms with Crippen LogP contribution in [0.5, 0.6) is 0 Å². The fourth-order valence-electron chi connectivity index (χ4n) is 4.84. The summed E-state index contributed by atoms with van der Waals surface area (Å²) < 4.78 is 5.05. The van der Waals surface area contributed by atoms with Gasteiger partial charge in [-0.2, -0.15) is 0 Å². The zero-order chi connectivity index (χ0) is 17.8. The molecule has 4 rings (SSSR count). The van der Waals surface area contributed by atoms with Gasteiger partial charge in [0.1, 0.15) is 0 Å². The van der Waals surface area contributed by atoms with Gasteiger partial charge in [0, 0.05) is 31.1 Å². The van der Waals surface area contributed by atoms with Gasteiger partial charge in [-0.1, -0.05) is 30.4 Å². The lowest BCUT2D eigenvalue weighted by Crippen LogP contribution is -2.53. The summed E-state index contributed by atoms with van der Waals surface area (Å²) in [5.74, 6) is -1.39. The van der Waals surface area contributed by atoms with Crippen molar-refractivity contribution in [3.63, 3.8) is 0 Å². The molecule has 1 aromatic rings. The molecule has 1 N–H and O–H groups in total. The Balaban J connectivity index is 1.95. The molecule has 0 saturated heterocycles. The summed E-state index contributed by atoms with van der Waals surface area (Å²) in [4.78, 5) is 39.8. The van der Waals surface area contributed by atoms with Crippen LogP contribution >= 0.6 is 0 Å². The Morgan fingerprint density at radius 2 is 2.08 bits per heavy atom. The molecule has 0 aromatic heterocycles. The van der Waals surface area contributed by atoms with E-state index in [4.69, 9.17) is 4.74 Å². The molecule has 2 heterocycles. The Hall–Kier alpha value is -2.63.